The molecule has 0 radical (unpaired) electrons. The minimum atomic E-state index is -1.29. The molecule has 0 aromatic heterocycles. The Bertz CT molecular complexity index is 466. The Morgan fingerprint density at radius 3 is 2.22 bits per heavy atom. The summed E-state index contributed by atoms with van der Waals surface area (Å²) >= 11 is 5.52. The Morgan fingerprint density at radius 2 is 1.78 bits per heavy atom. The van der Waals surface area contributed by atoms with E-state index < -0.39 is 17.4 Å². The van der Waals surface area contributed by atoms with E-state index >= 15 is 0 Å². The molecule has 1 aliphatic rings. The van der Waals surface area contributed by atoms with Gasteiger partial charge in [0.15, 0.2) is 0 Å². The summed E-state index contributed by atoms with van der Waals surface area (Å²) in [4.78, 5) is 28.8. The number of fused-ring (bicyclic) bond motifs is 1. The maximum absolute atomic E-state index is 11.9. The molecule has 2 rings (SSSR count). The molecule has 0 aliphatic carbocycles. The smallest absolute Gasteiger partial charge is 0.285 e. The van der Waals surface area contributed by atoms with Gasteiger partial charge >= 0.3 is 0 Å². The number of hydrogen-bond acceptors (Lipinski definition) is 4. The number of halogens is 1. The van der Waals surface area contributed by atoms with Gasteiger partial charge in [-0.25, -0.2) is 0 Å². The van der Waals surface area contributed by atoms with Gasteiger partial charge in [-0.15, -0.1) is 16.7 Å². The molecule has 2 amide bonds. The largest absolute Gasteiger partial charge is 0.386 e. The summed E-state index contributed by atoms with van der Waals surface area (Å²) in [6.07, 6.45) is 0. The molecular formula is C12H12ClNO4. The molecule has 0 bridgehead atoms. The van der Waals surface area contributed by atoms with Crippen LogP contribution in [0.2, 0.25) is 0 Å². The van der Waals surface area contributed by atoms with Crippen molar-refractivity contribution in [1.82, 2.24) is 5.06 Å². The number of carbonyl (C=O) groups excluding carboxylic acids is 2. The van der Waals surface area contributed by atoms with Crippen LogP contribution in [0.25, 0.3) is 0 Å². The Kier molecular flexibility index (Phi) is 3.38. The molecule has 0 saturated carbocycles. The molecule has 0 spiro atoms. The predicted octanol–water partition coefficient (Wildman–Crippen LogP) is 1.20. The van der Waals surface area contributed by atoms with Crippen LogP contribution in [0.3, 0.4) is 0 Å². The second-order valence-electron chi connectivity index (χ2n) is 4.35. The highest BCUT2D eigenvalue weighted by Crippen LogP contribution is 2.23. The quantitative estimate of drug-likeness (QED) is 0.659. The number of hydroxylamine groups is 2. The third-order valence-corrected chi connectivity index (χ3v) is 3.13. The predicted molar refractivity (Wildman–Crippen MR) is 64.2 cm³/mol. The highest BCUT2D eigenvalue weighted by atomic mass is 35.5. The fourth-order valence-corrected chi connectivity index (χ4v) is 1.60. The highest BCUT2D eigenvalue weighted by Gasteiger charge is 2.37. The number of carbonyl (C=O) groups is 2. The maximum atomic E-state index is 11.9. The standard InChI is InChI=1S/C12H12ClNO4/c1-12(17,6-13)7-18-14-10(15)8-4-2-3-5-9(8)11(14)16/h2-5,17H,6-7H2,1H3. The molecular weight excluding hydrogens is 258 g/mol. The van der Waals surface area contributed by atoms with Crippen LogP contribution in [0, 0.1) is 0 Å². The average molecular weight is 270 g/mol. The first-order valence-electron chi connectivity index (χ1n) is 5.35. The minimum absolute atomic E-state index is 0.0594. The first kappa shape index (κ1) is 13.0. The van der Waals surface area contributed by atoms with Gasteiger partial charge in [0.2, 0.25) is 0 Å². The molecule has 1 N–H and O–H groups in total. The summed E-state index contributed by atoms with van der Waals surface area (Å²) in [7, 11) is 0. The summed E-state index contributed by atoms with van der Waals surface area (Å²) < 4.78 is 0. The molecule has 0 saturated heterocycles. The van der Waals surface area contributed by atoms with Crippen molar-refractivity contribution in [3.05, 3.63) is 35.4 Å². The number of alkyl halides is 1. The fourth-order valence-electron chi connectivity index (χ4n) is 1.53. The molecule has 0 fully saturated rings. The van der Waals surface area contributed by atoms with E-state index in [0.29, 0.717) is 16.2 Å². The van der Waals surface area contributed by atoms with Gasteiger partial charge in [-0.1, -0.05) is 12.1 Å². The fraction of sp³-hybridized carbons (Fsp3) is 0.333. The van der Waals surface area contributed by atoms with Crippen LogP contribution in [-0.4, -0.2) is 40.1 Å². The van der Waals surface area contributed by atoms with Crippen molar-refractivity contribution in [1.29, 1.82) is 0 Å². The first-order valence-corrected chi connectivity index (χ1v) is 5.89. The Balaban J connectivity index is 2.14. The number of aliphatic hydroxyl groups is 1. The highest BCUT2D eigenvalue weighted by molar-refractivity contribution is 6.20. The third kappa shape index (κ3) is 2.25. The van der Waals surface area contributed by atoms with Gasteiger partial charge in [0.1, 0.15) is 12.2 Å². The lowest BCUT2D eigenvalue weighted by Crippen LogP contribution is -2.39. The number of amides is 2. The lowest BCUT2D eigenvalue weighted by Gasteiger charge is -2.22. The van der Waals surface area contributed by atoms with E-state index in [1.54, 1.807) is 24.3 Å². The Morgan fingerprint density at radius 1 is 1.28 bits per heavy atom. The molecule has 18 heavy (non-hydrogen) atoms. The van der Waals surface area contributed by atoms with Crippen molar-refractivity contribution in [2.45, 2.75) is 12.5 Å². The zero-order chi connectivity index (χ0) is 13.3. The lowest BCUT2D eigenvalue weighted by atomic mass is 10.1. The number of benzene rings is 1. The lowest BCUT2D eigenvalue weighted by molar-refractivity contribution is -0.135. The van der Waals surface area contributed by atoms with Gasteiger partial charge in [0.25, 0.3) is 11.8 Å². The van der Waals surface area contributed by atoms with Gasteiger partial charge < -0.3 is 5.11 Å². The summed E-state index contributed by atoms with van der Waals surface area (Å²) in [5.41, 5.74) is -0.697. The third-order valence-electron chi connectivity index (χ3n) is 2.55. The van der Waals surface area contributed by atoms with Crippen molar-refractivity contribution >= 4 is 23.4 Å². The first-order chi connectivity index (χ1) is 8.46. The van der Waals surface area contributed by atoms with E-state index in [4.69, 9.17) is 16.4 Å². The Hall–Kier alpha value is -1.43. The number of hydrogen-bond donors (Lipinski definition) is 1. The van der Waals surface area contributed by atoms with E-state index in [9.17, 15) is 14.7 Å². The van der Waals surface area contributed by atoms with E-state index in [1.807, 2.05) is 0 Å². The molecule has 1 unspecified atom stereocenters. The number of rotatable bonds is 4. The van der Waals surface area contributed by atoms with Crippen molar-refractivity contribution in [3.8, 4) is 0 Å². The average Bonchev–Trinajstić information content (AvgIpc) is 2.61. The molecule has 6 heteroatoms. The van der Waals surface area contributed by atoms with Gasteiger partial charge in [0.05, 0.1) is 17.0 Å². The van der Waals surface area contributed by atoms with E-state index in [2.05, 4.69) is 0 Å². The second kappa shape index (κ2) is 4.68. The Labute approximate surface area is 109 Å². The summed E-state index contributed by atoms with van der Waals surface area (Å²) in [5, 5.41) is 10.3. The van der Waals surface area contributed by atoms with Crippen molar-refractivity contribution in [3.63, 3.8) is 0 Å². The molecule has 96 valence electrons. The summed E-state index contributed by atoms with van der Waals surface area (Å²) in [6, 6.07) is 6.45. The molecule has 1 heterocycles. The van der Waals surface area contributed by atoms with Crippen LogP contribution in [0.1, 0.15) is 27.6 Å². The minimum Gasteiger partial charge on any atom is -0.386 e. The van der Waals surface area contributed by atoms with Crippen LogP contribution in [0.4, 0.5) is 0 Å². The van der Waals surface area contributed by atoms with Gasteiger partial charge in [-0.2, -0.15) is 0 Å². The normalized spacial score (nSPS) is 17.8. The van der Waals surface area contributed by atoms with Crippen LogP contribution >= 0.6 is 11.6 Å². The van der Waals surface area contributed by atoms with Gasteiger partial charge in [0, 0.05) is 0 Å². The molecule has 1 atom stereocenters. The van der Waals surface area contributed by atoms with Gasteiger partial charge in [-0.3, -0.25) is 14.4 Å². The maximum Gasteiger partial charge on any atom is 0.285 e. The second-order valence-corrected chi connectivity index (χ2v) is 4.62. The summed E-state index contributed by atoms with van der Waals surface area (Å²) in [5.74, 6) is -1.11. The summed E-state index contributed by atoms with van der Waals surface area (Å²) in [6.45, 7) is 1.22. The monoisotopic (exact) mass is 269 g/mol. The SMILES string of the molecule is CC(O)(CCl)CON1C(=O)c2ccccc2C1=O. The van der Waals surface area contributed by atoms with E-state index in [0.717, 1.165) is 0 Å². The van der Waals surface area contributed by atoms with Crippen molar-refractivity contribution < 1.29 is 19.5 Å². The zero-order valence-corrected chi connectivity index (χ0v) is 10.5. The van der Waals surface area contributed by atoms with E-state index in [1.165, 1.54) is 6.92 Å². The van der Waals surface area contributed by atoms with Crippen LogP contribution < -0.4 is 0 Å². The number of imide groups is 1. The molecule has 1 aromatic carbocycles. The topological polar surface area (TPSA) is 66.8 Å². The van der Waals surface area contributed by atoms with Crippen LogP contribution in [0.5, 0.6) is 0 Å². The van der Waals surface area contributed by atoms with Crippen LogP contribution in [0.15, 0.2) is 24.3 Å². The van der Waals surface area contributed by atoms with Crippen molar-refractivity contribution in [2.75, 3.05) is 12.5 Å². The number of nitrogens with zero attached hydrogens (tertiary/aromatic N) is 1. The molecule has 5 nitrogen and oxygen atoms in total. The van der Waals surface area contributed by atoms with Gasteiger partial charge in [-0.05, 0) is 19.1 Å². The van der Waals surface area contributed by atoms with Crippen LogP contribution in [-0.2, 0) is 4.84 Å². The molecule has 1 aliphatic heterocycles. The molecule has 1 aromatic rings. The zero-order valence-electron chi connectivity index (χ0n) is 9.72. The van der Waals surface area contributed by atoms with Crippen molar-refractivity contribution in [2.24, 2.45) is 0 Å². The van der Waals surface area contributed by atoms with E-state index in [-0.39, 0.29) is 12.5 Å².